The molecule has 0 spiro atoms. The van der Waals surface area contributed by atoms with Crippen LogP contribution in [-0.4, -0.2) is 58.3 Å². The summed E-state index contributed by atoms with van der Waals surface area (Å²) >= 11 is 0. The Morgan fingerprint density at radius 2 is 1.81 bits per heavy atom. The molecular weight excluding hydrogens is 439 g/mol. The van der Waals surface area contributed by atoms with Crippen molar-refractivity contribution in [3.8, 4) is 0 Å². The molecule has 26 heavy (non-hydrogen) atoms. The summed E-state index contributed by atoms with van der Waals surface area (Å²) in [7, 11) is 6.25. The molecule has 0 amide bonds. The van der Waals surface area contributed by atoms with Crippen LogP contribution in [0.1, 0.15) is 31.7 Å². The number of halogens is 1. The van der Waals surface area contributed by atoms with Gasteiger partial charge in [-0.1, -0.05) is 12.1 Å². The van der Waals surface area contributed by atoms with Crippen molar-refractivity contribution in [3.05, 3.63) is 29.8 Å². The second-order valence-corrected chi connectivity index (χ2v) is 7.00. The molecule has 2 rings (SSSR count). The predicted molar refractivity (Wildman–Crippen MR) is 122 cm³/mol. The first kappa shape index (κ1) is 23.0. The Hall–Kier alpha value is -1.02. The van der Waals surface area contributed by atoms with Crippen LogP contribution in [0.15, 0.2) is 29.3 Å². The summed E-state index contributed by atoms with van der Waals surface area (Å²) in [6.45, 7) is 6.60. The van der Waals surface area contributed by atoms with E-state index in [1.165, 1.54) is 30.5 Å². The molecule has 0 radical (unpaired) electrons. The highest BCUT2D eigenvalue weighted by Gasteiger charge is 2.15. The van der Waals surface area contributed by atoms with Gasteiger partial charge in [-0.05, 0) is 49.8 Å². The third kappa shape index (κ3) is 7.70. The molecular formula is C20H35IN4O. The largest absolute Gasteiger partial charge is 0.381 e. The first-order valence-electron chi connectivity index (χ1n) is 9.43. The van der Waals surface area contributed by atoms with Gasteiger partial charge < -0.3 is 19.9 Å². The van der Waals surface area contributed by atoms with E-state index in [-0.39, 0.29) is 24.0 Å². The summed E-state index contributed by atoms with van der Waals surface area (Å²) in [5, 5.41) is 3.41. The number of guanidine groups is 1. The fourth-order valence-corrected chi connectivity index (χ4v) is 3.05. The molecule has 1 fully saturated rings. The molecule has 1 heterocycles. The van der Waals surface area contributed by atoms with Gasteiger partial charge in [0, 0.05) is 53.1 Å². The molecule has 1 aromatic rings. The smallest absolute Gasteiger partial charge is 0.193 e. The second kappa shape index (κ2) is 12.4. The number of ether oxygens (including phenoxy) is 1. The predicted octanol–water partition coefficient (Wildman–Crippen LogP) is 3.58. The molecule has 0 aliphatic carbocycles. The standard InChI is InChI=1S/C20H34N4O.HI/c1-5-21-20(24(4)13-10-17-11-14-25-15-12-17)22-16-18-6-8-19(9-7-18)23(2)3;/h6-9,17H,5,10-16H2,1-4H3,(H,21,22);1H. The van der Waals surface area contributed by atoms with E-state index in [0.717, 1.165) is 38.2 Å². The zero-order valence-corrected chi connectivity index (χ0v) is 19.0. The zero-order chi connectivity index (χ0) is 18.1. The minimum absolute atomic E-state index is 0. The maximum atomic E-state index is 5.45. The van der Waals surface area contributed by atoms with Crippen LogP contribution in [0.4, 0.5) is 5.69 Å². The molecule has 1 N–H and O–H groups in total. The van der Waals surface area contributed by atoms with Gasteiger partial charge in [0.15, 0.2) is 5.96 Å². The van der Waals surface area contributed by atoms with Gasteiger partial charge >= 0.3 is 0 Å². The van der Waals surface area contributed by atoms with E-state index in [1.54, 1.807) is 0 Å². The number of aliphatic imine (C=N–C) groups is 1. The Bertz CT molecular complexity index is 527. The lowest BCUT2D eigenvalue weighted by Crippen LogP contribution is -2.40. The first-order valence-corrected chi connectivity index (χ1v) is 9.43. The monoisotopic (exact) mass is 474 g/mol. The summed E-state index contributed by atoms with van der Waals surface area (Å²) in [6, 6.07) is 8.61. The lowest BCUT2D eigenvalue weighted by molar-refractivity contribution is 0.0625. The Balaban J connectivity index is 0.00000338. The maximum Gasteiger partial charge on any atom is 0.193 e. The van der Waals surface area contributed by atoms with Crippen LogP contribution in [0.2, 0.25) is 0 Å². The molecule has 5 nitrogen and oxygen atoms in total. The summed E-state index contributed by atoms with van der Waals surface area (Å²) in [4.78, 5) is 9.18. The van der Waals surface area contributed by atoms with Crippen LogP contribution in [0.5, 0.6) is 0 Å². The van der Waals surface area contributed by atoms with E-state index in [0.29, 0.717) is 6.54 Å². The highest BCUT2D eigenvalue weighted by Crippen LogP contribution is 2.18. The van der Waals surface area contributed by atoms with Crippen molar-refractivity contribution in [2.75, 3.05) is 52.3 Å². The summed E-state index contributed by atoms with van der Waals surface area (Å²) < 4.78 is 5.45. The number of rotatable bonds is 7. The average molecular weight is 474 g/mol. The van der Waals surface area contributed by atoms with Gasteiger partial charge in [-0.2, -0.15) is 0 Å². The number of anilines is 1. The molecule has 1 aromatic carbocycles. The van der Waals surface area contributed by atoms with Gasteiger partial charge in [-0.25, -0.2) is 4.99 Å². The highest BCUT2D eigenvalue weighted by molar-refractivity contribution is 14.0. The Morgan fingerprint density at radius 1 is 1.15 bits per heavy atom. The third-order valence-electron chi connectivity index (χ3n) is 4.77. The zero-order valence-electron chi connectivity index (χ0n) is 16.7. The molecule has 148 valence electrons. The van der Waals surface area contributed by atoms with Crippen LogP contribution in [0.3, 0.4) is 0 Å². The van der Waals surface area contributed by atoms with E-state index in [1.807, 2.05) is 0 Å². The number of nitrogens with one attached hydrogen (secondary N) is 1. The number of hydrogen-bond donors (Lipinski definition) is 1. The van der Waals surface area contributed by atoms with E-state index >= 15 is 0 Å². The average Bonchev–Trinajstić information content (AvgIpc) is 2.64. The van der Waals surface area contributed by atoms with Gasteiger partial charge in [0.05, 0.1) is 6.54 Å². The van der Waals surface area contributed by atoms with Crippen LogP contribution < -0.4 is 10.2 Å². The number of nitrogens with zero attached hydrogens (tertiary/aromatic N) is 3. The molecule has 6 heteroatoms. The van der Waals surface area contributed by atoms with Gasteiger partial charge in [0.2, 0.25) is 0 Å². The molecule has 0 unspecified atom stereocenters. The van der Waals surface area contributed by atoms with Gasteiger partial charge in [0.25, 0.3) is 0 Å². The Morgan fingerprint density at radius 3 is 2.38 bits per heavy atom. The van der Waals surface area contributed by atoms with Crippen molar-refractivity contribution in [1.29, 1.82) is 0 Å². The minimum Gasteiger partial charge on any atom is -0.381 e. The molecule has 0 atom stereocenters. The first-order chi connectivity index (χ1) is 12.1. The second-order valence-electron chi connectivity index (χ2n) is 7.00. The molecule has 0 saturated carbocycles. The fourth-order valence-electron chi connectivity index (χ4n) is 3.05. The number of hydrogen-bond acceptors (Lipinski definition) is 3. The number of benzene rings is 1. The molecule has 1 aliphatic rings. The summed E-state index contributed by atoms with van der Waals surface area (Å²) in [6.07, 6.45) is 3.60. The van der Waals surface area contributed by atoms with Gasteiger partial charge in [-0.3, -0.25) is 0 Å². The Kier molecular flexibility index (Phi) is 11.0. The summed E-state index contributed by atoms with van der Waals surface area (Å²) in [5.74, 6) is 1.78. The van der Waals surface area contributed by atoms with Crippen molar-refractivity contribution in [1.82, 2.24) is 10.2 Å². The minimum atomic E-state index is 0. The molecule has 0 aromatic heterocycles. The van der Waals surface area contributed by atoms with Crippen LogP contribution in [0.25, 0.3) is 0 Å². The summed E-state index contributed by atoms with van der Waals surface area (Å²) in [5.41, 5.74) is 2.45. The quantitative estimate of drug-likeness (QED) is 0.373. The van der Waals surface area contributed by atoms with Gasteiger partial charge in [0.1, 0.15) is 0 Å². The SMILES string of the molecule is CCNC(=NCc1ccc(N(C)C)cc1)N(C)CCC1CCOCC1.I. The van der Waals surface area contributed by atoms with Crippen molar-refractivity contribution in [3.63, 3.8) is 0 Å². The highest BCUT2D eigenvalue weighted by atomic mass is 127. The van der Waals surface area contributed by atoms with Crippen molar-refractivity contribution >= 4 is 35.6 Å². The van der Waals surface area contributed by atoms with Crippen molar-refractivity contribution < 1.29 is 4.74 Å². The van der Waals surface area contributed by atoms with Crippen LogP contribution in [0, 0.1) is 5.92 Å². The van der Waals surface area contributed by atoms with Gasteiger partial charge in [-0.15, -0.1) is 24.0 Å². The van der Waals surface area contributed by atoms with Crippen molar-refractivity contribution in [2.24, 2.45) is 10.9 Å². The normalized spacial score (nSPS) is 15.3. The molecule has 0 bridgehead atoms. The maximum absolute atomic E-state index is 5.45. The topological polar surface area (TPSA) is 40.1 Å². The van der Waals surface area contributed by atoms with E-state index < -0.39 is 0 Å². The van der Waals surface area contributed by atoms with E-state index in [4.69, 9.17) is 9.73 Å². The third-order valence-corrected chi connectivity index (χ3v) is 4.77. The van der Waals surface area contributed by atoms with Crippen LogP contribution >= 0.6 is 24.0 Å². The van der Waals surface area contributed by atoms with E-state index in [2.05, 4.69) is 67.4 Å². The molecule has 1 aliphatic heterocycles. The van der Waals surface area contributed by atoms with Crippen LogP contribution in [-0.2, 0) is 11.3 Å². The lowest BCUT2D eigenvalue weighted by atomic mass is 9.96. The Labute approximate surface area is 176 Å². The molecule has 1 saturated heterocycles. The fraction of sp³-hybridized carbons (Fsp3) is 0.650. The van der Waals surface area contributed by atoms with E-state index in [9.17, 15) is 0 Å². The lowest BCUT2D eigenvalue weighted by Gasteiger charge is -2.26. The van der Waals surface area contributed by atoms with Crippen molar-refractivity contribution in [2.45, 2.75) is 32.7 Å².